The van der Waals surface area contributed by atoms with Crippen molar-refractivity contribution in [2.24, 2.45) is 5.92 Å². The van der Waals surface area contributed by atoms with Gasteiger partial charge in [-0.15, -0.1) is 0 Å². The molecule has 0 radical (unpaired) electrons. The number of aliphatic hydroxyl groups is 1. The molecule has 8 heteroatoms. The van der Waals surface area contributed by atoms with E-state index in [2.05, 4.69) is 4.98 Å². The molecule has 0 aromatic carbocycles. The molecule has 126 valence electrons. The summed E-state index contributed by atoms with van der Waals surface area (Å²) < 4.78 is 43.8. The first kappa shape index (κ1) is 16.0. The van der Waals surface area contributed by atoms with E-state index >= 15 is 0 Å². The number of ether oxygens (including phenoxy) is 1. The van der Waals surface area contributed by atoms with Crippen LogP contribution in [-0.4, -0.2) is 34.9 Å². The second-order valence-corrected chi connectivity index (χ2v) is 6.19. The summed E-state index contributed by atoms with van der Waals surface area (Å²) >= 11 is 0. The van der Waals surface area contributed by atoms with Crippen LogP contribution in [0, 0.1) is 5.92 Å². The van der Waals surface area contributed by atoms with Crippen LogP contribution in [0.15, 0.2) is 18.5 Å². The quantitative estimate of drug-likeness (QED) is 0.905. The molecule has 0 unspecified atom stereocenters. The number of anilines is 1. The number of carbonyl (C=O) groups is 1. The molecule has 1 spiro atoms. The first-order chi connectivity index (χ1) is 10.8. The number of pyridine rings is 1. The lowest BCUT2D eigenvalue weighted by Crippen LogP contribution is -2.39. The molecule has 1 aromatic heterocycles. The van der Waals surface area contributed by atoms with Crippen LogP contribution in [0.2, 0.25) is 0 Å². The predicted molar refractivity (Wildman–Crippen MR) is 74.8 cm³/mol. The molecule has 1 N–H and O–H groups in total. The van der Waals surface area contributed by atoms with Crippen molar-refractivity contribution in [1.82, 2.24) is 4.98 Å². The summed E-state index contributed by atoms with van der Waals surface area (Å²) in [6.07, 6.45) is -0.518. The number of aromatic nitrogens is 1. The highest BCUT2D eigenvalue weighted by Crippen LogP contribution is 2.41. The van der Waals surface area contributed by atoms with Crippen molar-refractivity contribution >= 4 is 11.8 Å². The van der Waals surface area contributed by atoms with Crippen molar-refractivity contribution in [1.29, 1.82) is 0 Å². The Balaban J connectivity index is 1.79. The minimum absolute atomic E-state index is 0.0889. The van der Waals surface area contributed by atoms with Gasteiger partial charge >= 0.3 is 12.3 Å². The Kier molecular flexibility index (Phi) is 3.95. The molecule has 2 aliphatic rings. The van der Waals surface area contributed by atoms with Gasteiger partial charge in [-0.25, -0.2) is 4.79 Å². The van der Waals surface area contributed by atoms with E-state index < -0.39 is 23.4 Å². The van der Waals surface area contributed by atoms with Crippen molar-refractivity contribution in [3.05, 3.63) is 24.0 Å². The van der Waals surface area contributed by atoms with Crippen molar-refractivity contribution in [3.63, 3.8) is 0 Å². The molecule has 1 amide bonds. The molecule has 1 aliphatic heterocycles. The molecule has 5 nitrogen and oxygen atoms in total. The van der Waals surface area contributed by atoms with Crippen molar-refractivity contribution in [2.75, 3.05) is 18.1 Å². The highest BCUT2D eigenvalue weighted by atomic mass is 19.4. The molecule has 1 aliphatic carbocycles. The van der Waals surface area contributed by atoms with Gasteiger partial charge in [0.15, 0.2) is 0 Å². The van der Waals surface area contributed by atoms with Gasteiger partial charge < -0.3 is 9.84 Å². The third-order valence-electron chi connectivity index (χ3n) is 4.61. The van der Waals surface area contributed by atoms with E-state index in [-0.39, 0.29) is 24.8 Å². The smallest absolute Gasteiger partial charge is 0.417 e. The van der Waals surface area contributed by atoms with Crippen molar-refractivity contribution < 1.29 is 27.8 Å². The van der Waals surface area contributed by atoms with Gasteiger partial charge in [0, 0.05) is 12.8 Å². The number of hydrogen-bond acceptors (Lipinski definition) is 4. The SMILES string of the molecule is O=C1OC2(CCC(CO)CC2)CN1c1cncc(C(F)(F)F)c1. The van der Waals surface area contributed by atoms with Crippen LogP contribution >= 0.6 is 0 Å². The minimum atomic E-state index is -4.51. The van der Waals surface area contributed by atoms with E-state index in [1.807, 2.05) is 0 Å². The number of alkyl halides is 3. The Hall–Kier alpha value is -1.83. The maximum atomic E-state index is 12.8. The lowest BCUT2D eigenvalue weighted by Gasteiger charge is -2.34. The normalized spacial score (nSPS) is 28.3. The summed E-state index contributed by atoms with van der Waals surface area (Å²) in [5.41, 5.74) is -1.48. The van der Waals surface area contributed by atoms with Crippen LogP contribution in [0.3, 0.4) is 0 Å². The van der Waals surface area contributed by atoms with E-state index in [1.54, 1.807) is 0 Å². The average molecular weight is 330 g/mol. The summed E-state index contributed by atoms with van der Waals surface area (Å²) in [5.74, 6) is 0.198. The van der Waals surface area contributed by atoms with Crippen LogP contribution < -0.4 is 4.90 Å². The van der Waals surface area contributed by atoms with E-state index in [1.165, 1.54) is 11.1 Å². The fourth-order valence-corrected chi connectivity index (χ4v) is 3.20. The zero-order valence-electron chi connectivity index (χ0n) is 12.3. The van der Waals surface area contributed by atoms with Crippen molar-refractivity contribution in [3.8, 4) is 0 Å². The monoisotopic (exact) mass is 330 g/mol. The first-order valence-corrected chi connectivity index (χ1v) is 7.47. The van der Waals surface area contributed by atoms with E-state index in [0.29, 0.717) is 12.8 Å². The summed E-state index contributed by atoms with van der Waals surface area (Å²) in [6, 6.07) is 0.909. The number of aliphatic hydroxyl groups excluding tert-OH is 1. The molecule has 23 heavy (non-hydrogen) atoms. The number of carbonyl (C=O) groups excluding carboxylic acids is 1. The Morgan fingerprint density at radius 2 is 2.04 bits per heavy atom. The molecular formula is C15H17F3N2O3. The van der Waals surface area contributed by atoms with Crippen LogP contribution in [0.25, 0.3) is 0 Å². The zero-order chi connectivity index (χ0) is 16.7. The molecule has 1 saturated carbocycles. The predicted octanol–water partition coefficient (Wildman–Crippen LogP) is 2.98. The lowest BCUT2D eigenvalue weighted by atomic mass is 9.79. The molecule has 1 aromatic rings. The Morgan fingerprint density at radius 3 is 2.65 bits per heavy atom. The standard InChI is InChI=1S/C15H17F3N2O3/c16-15(17,18)11-5-12(7-19-6-11)20-9-14(23-13(20)22)3-1-10(8-21)2-4-14/h5-7,10,21H,1-4,8-9H2. The van der Waals surface area contributed by atoms with Gasteiger partial charge in [-0.1, -0.05) is 0 Å². The average Bonchev–Trinajstić information content (AvgIpc) is 2.84. The van der Waals surface area contributed by atoms with Gasteiger partial charge in [-0.05, 0) is 37.7 Å². The molecule has 3 rings (SSSR count). The Morgan fingerprint density at radius 1 is 1.35 bits per heavy atom. The van der Waals surface area contributed by atoms with Gasteiger partial charge in [0.25, 0.3) is 0 Å². The van der Waals surface area contributed by atoms with Crippen LogP contribution in [0.5, 0.6) is 0 Å². The first-order valence-electron chi connectivity index (χ1n) is 7.47. The fourth-order valence-electron chi connectivity index (χ4n) is 3.20. The number of nitrogens with zero attached hydrogens (tertiary/aromatic N) is 2. The molecule has 2 heterocycles. The summed E-state index contributed by atoms with van der Waals surface area (Å²) in [5, 5.41) is 9.18. The summed E-state index contributed by atoms with van der Waals surface area (Å²) in [4.78, 5) is 16.9. The van der Waals surface area contributed by atoms with Crippen molar-refractivity contribution in [2.45, 2.75) is 37.5 Å². The summed E-state index contributed by atoms with van der Waals surface area (Å²) in [6.45, 7) is 0.318. The second-order valence-electron chi connectivity index (χ2n) is 6.19. The Labute approximate surface area is 131 Å². The van der Waals surface area contributed by atoms with E-state index in [4.69, 9.17) is 4.74 Å². The third-order valence-corrected chi connectivity index (χ3v) is 4.61. The largest absolute Gasteiger partial charge is 0.441 e. The van der Waals surface area contributed by atoms with Gasteiger partial charge in [-0.3, -0.25) is 9.88 Å². The zero-order valence-corrected chi connectivity index (χ0v) is 12.3. The number of amides is 1. The highest BCUT2D eigenvalue weighted by molar-refractivity contribution is 5.90. The van der Waals surface area contributed by atoms with Crippen LogP contribution in [-0.2, 0) is 10.9 Å². The highest BCUT2D eigenvalue weighted by Gasteiger charge is 2.48. The van der Waals surface area contributed by atoms with Gasteiger partial charge in [-0.2, -0.15) is 13.2 Å². The number of hydrogen-bond donors (Lipinski definition) is 1. The molecular weight excluding hydrogens is 313 g/mol. The number of halogens is 3. The van der Waals surface area contributed by atoms with Crippen LogP contribution in [0.4, 0.5) is 23.7 Å². The molecule has 0 atom stereocenters. The fraction of sp³-hybridized carbons (Fsp3) is 0.600. The van der Waals surface area contributed by atoms with Gasteiger partial charge in [0.1, 0.15) is 5.60 Å². The molecule has 1 saturated heterocycles. The lowest BCUT2D eigenvalue weighted by molar-refractivity contribution is -0.137. The second kappa shape index (κ2) is 5.67. The molecule has 2 fully saturated rings. The molecule has 0 bridgehead atoms. The van der Waals surface area contributed by atoms with E-state index in [9.17, 15) is 23.1 Å². The maximum absolute atomic E-state index is 12.8. The van der Waals surface area contributed by atoms with Gasteiger partial charge in [0.2, 0.25) is 0 Å². The maximum Gasteiger partial charge on any atom is 0.417 e. The third kappa shape index (κ3) is 3.12. The van der Waals surface area contributed by atoms with Crippen LogP contribution in [0.1, 0.15) is 31.2 Å². The topological polar surface area (TPSA) is 62.7 Å². The minimum Gasteiger partial charge on any atom is -0.441 e. The number of rotatable bonds is 2. The Bertz CT molecular complexity index is 598. The van der Waals surface area contributed by atoms with Gasteiger partial charge in [0.05, 0.1) is 24.0 Å². The van der Waals surface area contributed by atoms with E-state index in [0.717, 1.165) is 25.1 Å². The summed E-state index contributed by atoms with van der Waals surface area (Å²) in [7, 11) is 0.